The van der Waals surface area contributed by atoms with Crippen LogP contribution in [0.2, 0.25) is 5.02 Å². The molecule has 0 aliphatic rings. The Hall–Kier alpha value is -2.00. The molecule has 128 valence electrons. The van der Waals surface area contributed by atoms with Gasteiger partial charge in [-0.15, -0.1) is 0 Å². The second-order valence-corrected chi connectivity index (χ2v) is 6.22. The van der Waals surface area contributed by atoms with Crippen LogP contribution in [-0.4, -0.2) is 13.1 Å². The average Bonchev–Trinajstić information content (AvgIpc) is 2.56. The summed E-state index contributed by atoms with van der Waals surface area (Å²) in [6.45, 7) is 6.53. The predicted octanol–water partition coefficient (Wildman–Crippen LogP) is 4.81. The maximum Gasteiger partial charge on any atom is 0.309 e. The molecule has 4 heteroatoms. The zero-order valence-corrected chi connectivity index (χ0v) is 15.4. The van der Waals surface area contributed by atoms with Crippen molar-refractivity contribution in [2.24, 2.45) is 0 Å². The molecule has 0 aromatic heterocycles. The molecule has 0 bridgehead atoms. The highest BCUT2D eigenvalue weighted by Gasteiger charge is 2.12. The summed E-state index contributed by atoms with van der Waals surface area (Å²) in [6, 6.07) is 9.80. The van der Waals surface area contributed by atoms with E-state index in [1.54, 1.807) is 0 Å². The van der Waals surface area contributed by atoms with Gasteiger partial charge in [-0.2, -0.15) is 0 Å². The van der Waals surface area contributed by atoms with E-state index in [0.29, 0.717) is 17.4 Å². The van der Waals surface area contributed by atoms with Crippen molar-refractivity contribution in [1.29, 1.82) is 0 Å². The number of carbonyl (C=O) groups excluding carboxylic acids is 1. The van der Waals surface area contributed by atoms with Crippen LogP contribution in [0.3, 0.4) is 0 Å². The van der Waals surface area contributed by atoms with Crippen molar-refractivity contribution in [3.63, 3.8) is 0 Å². The molecule has 0 atom stereocenters. The van der Waals surface area contributed by atoms with Crippen LogP contribution in [0.5, 0.6) is 5.75 Å². The van der Waals surface area contributed by atoms with Crippen molar-refractivity contribution in [2.45, 2.75) is 40.2 Å². The highest BCUT2D eigenvalue weighted by Crippen LogP contribution is 2.30. The number of hydrogen-bond acceptors (Lipinski definition) is 3. The minimum absolute atomic E-state index is 0.235. The summed E-state index contributed by atoms with van der Waals surface area (Å²) in [5, 5.41) is 0.612. The highest BCUT2D eigenvalue weighted by molar-refractivity contribution is 6.32. The van der Waals surface area contributed by atoms with E-state index in [-0.39, 0.29) is 12.4 Å². The lowest BCUT2D eigenvalue weighted by atomic mass is 10.00. The van der Waals surface area contributed by atoms with E-state index in [2.05, 4.69) is 13.8 Å². The fourth-order valence-corrected chi connectivity index (χ4v) is 2.94. The van der Waals surface area contributed by atoms with Crippen molar-refractivity contribution in [1.82, 2.24) is 0 Å². The maximum atomic E-state index is 11.6. The highest BCUT2D eigenvalue weighted by atomic mass is 35.5. The van der Waals surface area contributed by atoms with Crippen LogP contribution in [-0.2, 0) is 29.0 Å². The number of benzene rings is 2. The molecule has 0 N–H and O–H groups in total. The van der Waals surface area contributed by atoms with E-state index in [9.17, 15) is 4.79 Å². The molecule has 2 aromatic rings. The number of rotatable bonds is 6. The van der Waals surface area contributed by atoms with Crippen LogP contribution < -0.4 is 4.74 Å². The van der Waals surface area contributed by atoms with Crippen molar-refractivity contribution in [2.75, 3.05) is 7.11 Å². The lowest BCUT2D eigenvalue weighted by Crippen LogP contribution is -2.10. The van der Waals surface area contributed by atoms with Gasteiger partial charge in [0.2, 0.25) is 0 Å². The molecule has 0 aliphatic carbocycles. The smallest absolute Gasteiger partial charge is 0.309 e. The van der Waals surface area contributed by atoms with Crippen LogP contribution in [0.4, 0.5) is 0 Å². The maximum absolute atomic E-state index is 11.6. The first-order valence-corrected chi connectivity index (χ1v) is 8.40. The van der Waals surface area contributed by atoms with E-state index in [0.717, 1.165) is 28.7 Å². The molecule has 0 saturated carbocycles. The van der Waals surface area contributed by atoms with E-state index in [1.165, 1.54) is 12.7 Å². The summed E-state index contributed by atoms with van der Waals surface area (Å²) in [4.78, 5) is 11.6. The largest absolute Gasteiger partial charge is 0.487 e. The SMILES string of the molecule is CCc1cc(Cl)c(OCc2c(C)cccc2CC(=O)OC)cc1C. The minimum Gasteiger partial charge on any atom is -0.487 e. The Labute approximate surface area is 148 Å². The Bertz CT molecular complexity index is 738. The number of halogens is 1. The average molecular weight is 347 g/mol. The summed E-state index contributed by atoms with van der Waals surface area (Å²) >= 11 is 6.33. The molecule has 0 heterocycles. The van der Waals surface area contributed by atoms with Gasteiger partial charge in [-0.3, -0.25) is 4.79 Å². The van der Waals surface area contributed by atoms with Crippen molar-refractivity contribution < 1.29 is 14.3 Å². The first-order chi connectivity index (χ1) is 11.5. The quantitative estimate of drug-likeness (QED) is 0.704. The first kappa shape index (κ1) is 18.3. The Morgan fingerprint density at radius 1 is 1.12 bits per heavy atom. The van der Waals surface area contributed by atoms with Crippen LogP contribution >= 0.6 is 11.6 Å². The summed E-state index contributed by atoms with van der Waals surface area (Å²) in [7, 11) is 1.39. The molecule has 2 rings (SSSR count). The van der Waals surface area contributed by atoms with Crippen LogP contribution in [0.1, 0.15) is 34.7 Å². The summed E-state index contributed by atoms with van der Waals surface area (Å²) in [5.41, 5.74) is 5.37. The van der Waals surface area contributed by atoms with Crippen molar-refractivity contribution in [3.8, 4) is 5.75 Å². The molecule has 0 unspecified atom stereocenters. The van der Waals surface area contributed by atoms with Crippen molar-refractivity contribution >= 4 is 17.6 Å². The monoisotopic (exact) mass is 346 g/mol. The lowest BCUT2D eigenvalue weighted by molar-refractivity contribution is -0.139. The first-order valence-electron chi connectivity index (χ1n) is 8.02. The molecule has 3 nitrogen and oxygen atoms in total. The van der Waals surface area contributed by atoms with Crippen LogP contribution in [0.25, 0.3) is 0 Å². The van der Waals surface area contributed by atoms with Gasteiger partial charge >= 0.3 is 5.97 Å². The second kappa shape index (κ2) is 8.20. The number of methoxy groups -OCH3 is 1. The molecule has 0 amide bonds. The van der Waals surface area contributed by atoms with Crippen molar-refractivity contribution in [3.05, 3.63) is 63.2 Å². The standard InChI is InChI=1S/C20H23ClO3/c1-5-15-10-18(21)19(9-14(15)3)24-12-17-13(2)7-6-8-16(17)11-20(22)23-4/h6-10H,5,11-12H2,1-4H3. The zero-order chi connectivity index (χ0) is 17.7. The third-order valence-electron chi connectivity index (χ3n) is 4.21. The Morgan fingerprint density at radius 2 is 1.88 bits per heavy atom. The van der Waals surface area contributed by atoms with Gasteiger partial charge in [-0.25, -0.2) is 0 Å². The van der Waals surface area contributed by atoms with Gasteiger partial charge in [0.05, 0.1) is 18.6 Å². The normalized spacial score (nSPS) is 10.5. The lowest BCUT2D eigenvalue weighted by Gasteiger charge is -2.15. The molecule has 0 radical (unpaired) electrons. The fraction of sp³-hybridized carbons (Fsp3) is 0.350. The number of ether oxygens (including phenoxy) is 2. The molecule has 0 fully saturated rings. The molecule has 2 aromatic carbocycles. The van der Waals surface area contributed by atoms with E-state index >= 15 is 0 Å². The van der Waals surface area contributed by atoms with E-state index < -0.39 is 0 Å². The van der Waals surface area contributed by atoms with E-state index in [1.807, 2.05) is 37.3 Å². The predicted molar refractivity (Wildman–Crippen MR) is 96.8 cm³/mol. The van der Waals surface area contributed by atoms with Crippen LogP contribution in [0.15, 0.2) is 30.3 Å². The van der Waals surface area contributed by atoms with Gasteiger partial charge in [0.15, 0.2) is 0 Å². The molecule has 24 heavy (non-hydrogen) atoms. The van der Waals surface area contributed by atoms with Gasteiger partial charge in [-0.05, 0) is 60.2 Å². The Balaban J connectivity index is 2.23. The molecule has 0 saturated heterocycles. The second-order valence-electron chi connectivity index (χ2n) is 5.82. The topological polar surface area (TPSA) is 35.5 Å². The third kappa shape index (κ3) is 4.30. The summed E-state index contributed by atoms with van der Waals surface area (Å²) in [5.74, 6) is 0.404. The zero-order valence-electron chi connectivity index (χ0n) is 14.6. The Kier molecular flexibility index (Phi) is 6.27. The number of hydrogen-bond donors (Lipinski definition) is 0. The fourth-order valence-electron chi connectivity index (χ4n) is 2.70. The number of esters is 1. The number of aryl methyl sites for hydroxylation is 3. The molecule has 0 aliphatic heterocycles. The molecular formula is C20H23ClO3. The molecule has 0 spiro atoms. The van der Waals surface area contributed by atoms with Gasteiger partial charge in [0, 0.05) is 0 Å². The third-order valence-corrected chi connectivity index (χ3v) is 4.51. The molecular weight excluding hydrogens is 324 g/mol. The van der Waals surface area contributed by atoms with Gasteiger partial charge < -0.3 is 9.47 Å². The summed E-state index contributed by atoms with van der Waals surface area (Å²) < 4.78 is 10.7. The number of carbonyl (C=O) groups is 1. The Morgan fingerprint density at radius 3 is 2.54 bits per heavy atom. The minimum atomic E-state index is -0.261. The van der Waals surface area contributed by atoms with Crippen LogP contribution in [0, 0.1) is 13.8 Å². The van der Waals surface area contributed by atoms with Gasteiger partial charge in [-0.1, -0.05) is 36.7 Å². The van der Waals surface area contributed by atoms with Gasteiger partial charge in [0.25, 0.3) is 0 Å². The van der Waals surface area contributed by atoms with E-state index in [4.69, 9.17) is 21.1 Å². The van der Waals surface area contributed by atoms with Gasteiger partial charge in [0.1, 0.15) is 12.4 Å². The summed E-state index contributed by atoms with van der Waals surface area (Å²) in [6.07, 6.45) is 1.17.